The van der Waals surface area contributed by atoms with Crippen molar-refractivity contribution >= 4 is 68.5 Å². The standard InChI is InChI=1S/C27H23BrCl2N2O6S/c1-4-36-21(33)13-38-24-15(10-16(29)12-18(24)28)11-20-25(34)32-23(17-8-6-7-9-19(17)30)22(26(35)37-5-2)14(3)31-27(32)39-20/h6-12,23H,4-5,13H2,1-3H3/b20-11-/t23-/m0/s1. The number of hydrogen-bond acceptors (Lipinski definition) is 8. The number of nitrogens with zero attached hydrogens (tertiary/aromatic N) is 2. The van der Waals surface area contributed by atoms with Gasteiger partial charge in [-0.15, -0.1) is 0 Å². The molecule has 39 heavy (non-hydrogen) atoms. The lowest BCUT2D eigenvalue weighted by molar-refractivity contribution is -0.145. The van der Waals surface area contributed by atoms with E-state index in [1.54, 1.807) is 63.2 Å². The number of carbonyl (C=O) groups is 2. The molecule has 1 aliphatic rings. The maximum absolute atomic E-state index is 13.9. The normalized spacial score (nSPS) is 15.0. The van der Waals surface area contributed by atoms with Gasteiger partial charge in [-0.25, -0.2) is 14.6 Å². The van der Waals surface area contributed by atoms with E-state index < -0.39 is 23.5 Å². The van der Waals surface area contributed by atoms with E-state index in [9.17, 15) is 14.4 Å². The Morgan fingerprint density at radius 3 is 2.56 bits per heavy atom. The first-order chi connectivity index (χ1) is 18.7. The van der Waals surface area contributed by atoms with E-state index in [-0.39, 0.29) is 25.4 Å². The fraction of sp³-hybridized carbons (Fsp3) is 0.259. The van der Waals surface area contributed by atoms with Crippen LogP contribution in [0.2, 0.25) is 10.0 Å². The Kier molecular flexibility index (Phi) is 9.32. The van der Waals surface area contributed by atoms with Gasteiger partial charge in [0.25, 0.3) is 5.56 Å². The highest BCUT2D eigenvalue weighted by Gasteiger charge is 2.34. The third kappa shape index (κ3) is 6.14. The van der Waals surface area contributed by atoms with Gasteiger partial charge in [-0.2, -0.15) is 0 Å². The summed E-state index contributed by atoms with van der Waals surface area (Å²) < 4.78 is 18.2. The minimum atomic E-state index is -0.846. The smallest absolute Gasteiger partial charge is 0.344 e. The molecular weight excluding hydrogens is 631 g/mol. The zero-order chi connectivity index (χ0) is 28.3. The number of fused-ring (bicyclic) bond motifs is 1. The minimum absolute atomic E-state index is 0.160. The molecule has 0 bridgehead atoms. The number of benzene rings is 2. The average Bonchev–Trinajstić information content (AvgIpc) is 3.17. The molecule has 0 unspecified atom stereocenters. The van der Waals surface area contributed by atoms with Crippen molar-refractivity contribution in [2.24, 2.45) is 4.99 Å². The molecule has 8 nitrogen and oxygen atoms in total. The summed E-state index contributed by atoms with van der Waals surface area (Å²) in [7, 11) is 0. The Morgan fingerprint density at radius 2 is 1.87 bits per heavy atom. The van der Waals surface area contributed by atoms with Crippen LogP contribution in [-0.2, 0) is 19.1 Å². The van der Waals surface area contributed by atoms with Crippen LogP contribution >= 0.6 is 50.5 Å². The number of aromatic nitrogens is 1. The van der Waals surface area contributed by atoms with E-state index >= 15 is 0 Å². The van der Waals surface area contributed by atoms with Crippen LogP contribution in [0.4, 0.5) is 0 Å². The van der Waals surface area contributed by atoms with Crippen molar-refractivity contribution < 1.29 is 23.8 Å². The van der Waals surface area contributed by atoms with Gasteiger partial charge in [0.05, 0.1) is 33.5 Å². The third-order valence-corrected chi connectivity index (χ3v) is 7.81. The molecule has 0 saturated carbocycles. The zero-order valence-corrected chi connectivity index (χ0v) is 25.0. The van der Waals surface area contributed by atoms with Crippen molar-refractivity contribution in [2.75, 3.05) is 19.8 Å². The molecule has 4 rings (SSSR count). The van der Waals surface area contributed by atoms with Crippen LogP contribution in [0.15, 0.2) is 61.9 Å². The lowest BCUT2D eigenvalue weighted by atomic mass is 9.96. The van der Waals surface area contributed by atoms with Crippen molar-refractivity contribution in [3.63, 3.8) is 0 Å². The largest absolute Gasteiger partial charge is 0.480 e. The van der Waals surface area contributed by atoms with Gasteiger partial charge in [-0.3, -0.25) is 9.36 Å². The Labute approximate surface area is 246 Å². The van der Waals surface area contributed by atoms with Crippen LogP contribution in [0.3, 0.4) is 0 Å². The predicted molar refractivity (Wildman–Crippen MR) is 153 cm³/mol. The molecule has 204 valence electrons. The van der Waals surface area contributed by atoms with Gasteiger partial charge in [0.15, 0.2) is 11.4 Å². The summed E-state index contributed by atoms with van der Waals surface area (Å²) in [5, 5.41) is 0.778. The molecule has 3 aromatic rings. The molecule has 0 spiro atoms. The van der Waals surface area contributed by atoms with Gasteiger partial charge in [-0.05, 0) is 66.5 Å². The number of carbonyl (C=O) groups excluding carboxylic acids is 2. The Bertz CT molecular complexity index is 1660. The van der Waals surface area contributed by atoms with E-state index in [4.69, 9.17) is 37.4 Å². The van der Waals surface area contributed by atoms with Crippen LogP contribution < -0.4 is 19.6 Å². The summed E-state index contributed by atoms with van der Waals surface area (Å²) in [4.78, 5) is 43.8. The van der Waals surface area contributed by atoms with E-state index in [1.807, 2.05) is 0 Å². The maximum Gasteiger partial charge on any atom is 0.344 e. The van der Waals surface area contributed by atoms with Crippen LogP contribution in [-0.4, -0.2) is 36.3 Å². The summed E-state index contributed by atoms with van der Waals surface area (Å²) in [6.45, 7) is 5.16. The number of rotatable bonds is 8. The molecule has 2 heterocycles. The average molecular weight is 654 g/mol. The molecule has 2 aromatic carbocycles. The molecule has 1 atom stereocenters. The highest BCUT2D eigenvalue weighted by Crippen LogP contribution is 2.35. The second-order valence-corrected chi connectivity index (χ2v) is 10.9. The van der Waals surface area contributed by atoms with Crippen LogP contribution in [0, 0.1) is 0 Å². The van der Waals surface area contributed by atoms with E-state index in [0.29, 0.717) is 46.4 Å². The molecule has 12 heteroatoms. The first kappa shape index (κ1) is 29.1. The molecular formula is C27H23BrCl2N2O6S. The number of esters is 2. The Morgan fingerprint density at radius 1 is 1.15 bits per heavy atom. The van der Waals surface area contributed by atoms with Crippen molar-refractivity contribution in [1.29, 1.82) is 0 Å². The molecule has 0 saturated heterocycles. The lowest BCUT2D eigenvalue weighted by Crippen LogP contribution is -2.40. The van der Waals surface area contributed by atoms with Crippen LogP contribution in [0.25, 0.3) is 6.08 Å². The first-order valence-corrected chi connectivity index (χ1v) is 14.2. The minimum Gasteiger partial charge on any atom is -0.480 e. The highest BCUT2D eigenvalue weighted by molar-refractivity contribution is 9.10. The number of allylic oxidation sites excluding steroid dienone is 1. The SMILES string of the molecule is CCOC(=O)COc1c(Br)cc(Cl)cc1/C=c1\sc2n(c1=O)[C@@H](c1ccccc1Cl)C(C(=O)OCC)=C(C)N=2. The zero-order valence-electron chi connectivity index (χ0n) is 21.1. The second-order valence-electron chi connectivity index (χ2n) is 8.22. The predicted octanol–water partition coefficient (Wildman–Crippen LogP) is 4.81. The Balaban J connectivity index is 1.91. The van der Waals surface area contributed by atoms with Crippen molar-refractivity contribution in [2.45, 2.75) is 26.8 Å². The maximum atomic E-state index is 13.9. The number of hydrogen-bond donors (Lipinski definition) is 0. The highest BCUT2D eigenvalue weighted by atomic mass is 79.9. The lowest BCUT2D eigenvalue weighted by Gasteiger charge is -2.25. The third-order valence-electron chi connectivity index (χ3n) is 5.68. The number of thiazole rings is 1. The summed E-state index contributed by atoms with van der Waals surface area (Å²) in [5.74, 6) is -0.804. The fourth-order valence-corrected chi connectivity index (χ4v) is 6.32. The number of halogens is 3. The van der Waals surface area contributed by atoms with E-state index in [1.165, 1.54) is 4.57 Å². The molecule has 0 N–H and O–H groups in total. The molecule has 0 amide bonds. The topological polar surface area (TPSA) is 96.2 Å². The van der Waals surface area contributed by atoms with Crippen molar-refractivity contribution in [3.8, 4) is 5.75 Å². The summed E-state index contributed by atoms with van der Waals surface area (Å²) in [6, 6.07) is 9.40. The van der Waals surface area contributed by atoms with Gasteiger partial charge >= 0.3 is 11.9 Å². The van der Waals surface area contributed by atoms with Crippen molar-refractivity contribution in [1.82, 2.24) is 4.57 Å². The summed E-state index contributed by atoms with van der Waals surface area (Å²) >= 11 is 17.4. The first-order valence-electron chi connectivity index (χ1n) is 11.9. The number of ether oxygens (including phenoxy) is 3. The summed E-state index contributed by atoms with van der Waals surface area (Å²) in [6.07, 6.45) is 1.61. The monoisotopic (exact) mass is 652 g/mol. The molecule has 0 aliphatic carbocycles. The van der Waals surface area contributed by atoms with Gasteiger partial charge in [-0.1, -0.05) is 52.7 Å². The Hall–Kier alpha value is -2.92. The van der Waals surface area contributed by atoms with Gasteiger partial charge in [0.1, 0.15) is 11.8 Å². The van der Waals surface area contributed by atoms with Crippen LogP contribution in [0.5, 0.6) is 5.75 Å². The van der Waals surface area contributed by atoms with Gasteiger partial charge < -0.3 is 14.2 Å². The molecule has 0 radical (unpaired) electrons. The fourth-order valence-electron chi connectivity index (χ4n) is 4.10. The molecule has 1 aliphatic heterocycles. The molecule has 1 aromatic heterocycles. The quantitative estimate of drug-likeness (QED) is 0.324. The molecule has 0 fully saturated rings. The van der Waals surface area contributed by atoms with E-state index in [2.05, 4.69) is 20.9 Å². The second kappa shape index (κ2) is 12.5. The van der Waals surface area contributed by atoms with Crippen molar-refractivity contribution in [3.05, 3.63) is 93.0 Å². The van der Waals surface area contributed by atoms with Gasteiger partial charge in [0, 0.05) is 15.6 Å². The van der Waals surface area contributed by atoms with Gasteiger partial charge in [0.2, 0.25) is 0 Å². The summed E-state index contributed by atoms with van der Waals surface area (Å²) in [5.41, 5.74) is 1.28. The van der Waals surface area contributed by atoms with Crippen LogP contribution in [0.1, 0.15) is 37.9 Å². The van der Waals surface area contributed by atoms with E-state index in [0.717, 1.165) is 11.3 Å².